The van der Waals surface area contributed by atoms with Crippen LogP contribution in [0.3, 0.4) is 0 Å². The van der Waals surface area contributed by atoms with Gasteiger partial charge in [-0.25, -0.2) is 8.42 Å². The lowest BCUT2D eigenvalue weighted by molar-refractivity contribution is -0.136. The Morgan fingerprint density at radius 2 is 1.57 bits per heavy atom. The van der Waals surface area contributed by atoms with Crippen LogP contribution < -0.4 is 4.72 Å². The van der Waals surface area contributed by atoms with E-state index in [-0.39, 0.29) is 10.7 Å². The summed E-state index contributed by atoms with van der Waals surface area (Å²) in [6.45, 7) is 1.32. The molecule has 4 nitrogen and oxygen atoms in total. The fraction of sp³-hybridized carbons (Fsp3) is 0.133. The Bertz CT molecular complexity index is 828. The van der Waals surface area contributed by atoms with Gasteiger partial charge in [-0.2, -0.15) is 13.2 Å². The fourth-order valence-corrected chi connectivity index (χ4v) is 2.97. The summed E-state index contributed by atoms with van der Waals surface area (Å²) in [5.74, 6) is -0.246. The molecule has 2 aromatic rings. The quantitative estimate of drug-likeness (QED) is 0.861. The number of carbonyl (C=O) groups excluding carboxylic acids is 1. The maximum Gasteiger partial charge on any atom is 0.418 e. The molecule has 0 unspecified atom stereocenters. The van der Waals surface area contributed by atoms with E-state index in [1.54, 1.807) is 0 Å². The molecule has 0 saturated heterocycles. The van der Waals surface area contributed by atoms with Crippen LogP contribution in [-0.4, -0.2) is 14.2 Å². The normalized spacial score (nSPS) is 12.0. The Morgan fingerprint density at radius 1 is 1.00 bits per heavy atom. The zero-order valence-electron chi connectivity index (χ0n) is 11.9. The van der Waals surface area contributed by atoms with Crippen LogP contribution in [0.2, 0.25) is 0 Å². The maximum atomic E-state index is 12.9. The molecule has 1 N–H and O–H groups in total. The largest absolute Gasteiger partial charge is 0.418 e. The van der Waals surface area contributed by atoms with E-state index in [1.807, 2.05) is 4.72 Å². The molecule has 0 spiro atoms. The van der Waals surface area contributed by atoms with Crippen LogP contribution in [0.1, 0.15) is 22.8 Å². The standard InChI is InChI=1S/C15H12F3NO3S/c1-10(20)11-6-8-12(9-7-11)23(21,22)19-14-5-3-2-4-13(14)15(16,17)18/h2-9,19H,1H3. The number of alkyl halides is 3. The average molecular weight is 343 g/mol. The van der Waals surface area contributed by atoms with E-state index in [1.165, 1.54) is 31.2 Å². The lowest BCUT2D eigenvalue weighted by Crippen LogP contribution is -2.17. The van der Waals surface area contributed by atoms with Gasteiger partial charge in [0.15, 0.2) is 5.78 Å². The number of halogens is 3. The smallest absolute Gasteiger partial charge is 0.295 e. The topological polar surface area (TPSA) is 63.2 Å². The first kappa shape index (κ1) is 17.0. The highest BCUT2D eigenvalue weighted by Crippen LogP contribution is 2.35. The van der Waals surface area contributed by atoms with Crippen molar-refractivity contribution in [2.45, 2.75) is 18.0 Å². The molecule has 2 aromatic carbocycles. The minimum absolute atomic E-state index is 0.237. The number of nitrogens with one attached hydrogen (secondary N) is 1. The number of anilines is 1. The summed E-state index contributed by atoms with van der Waals surface area (Å²) in [4.78, 5) is 10.9. The number of hydrogen-bond donors (Lipinski definition) is 1. The molecule has 2 rings (SSSR count). The summed E-state index contributed by atoms with van der Waals surface area (Å²) >= 11 is 0. The molecule has 0 atom stereocenters. The molecule has 0 fully saturated rings. The number of ketones is 1. The van der Waals surface area contributed by atoms with Gasteiger partial charge in [-0.05, 0) is 31.2 Å². The van der Waals surface area contributed by atoms with Crippen LogP contribution in [-0.2, 0) is 16.2 Å². The molecule has 0 aromatic heterocycles. The highest BCUT2D eigenvalue weighted by molar-refractivity contribution is 7.92. The lowest BCUT2D eigenvalue weighted by Gasteiger charge is -2.14. The molecule has 0 aliphatic heterocycles. The van der Waals surface area contributed by atoms with Crippen molar-refractivity contribution in [3.8, 4) is 0 Å². The minimum atomic E-state index is -4.68. The van der Waals surface area contributed by atoms with Crippen molar-refractivity contribution in [3.63, 3.8) is 0 Å². The van der Waals surface area contributed by atoms with Gasteiger partial charge < -0.3 is 0 Å². The summed E-state index contributed by atoms with van der Waals surface area (Å²) in [7, 11) is -4.20. The van der Waals surface area contributed by atoms with Crippen molar-refractivity contribution >= 4 is 21.5 Å². The van der Waals surface area contributed by atoms with E-state index >= 15 is 0 Å². The molecule has 0 aliphatic carbocycles. The Kier molecular flexibility index (Phi) is 4.46. The fourth-order valence-electron chi connectivity index (χ4n) is 1.89. The van der Waals surface area contributed by atoms with Gasteiger partial charge in [0.25, 0.3) is 10.0 Å². The molecule has 0 saturated carbocycles. The van der Waals surface area contributed by atoms with E-state index in [4.69, 9.17) is 0 Å². The summed E-state index contributed by atoms with van der Waals surface area (Å²) in [6, 6.07) is 9.21. The zero-order valence-corrected chi connectivity index (χ0v) is 12.7. The molecule has 0 amide bonds. The predicted octanol–water partition coefficient (Wildman–Crippen LogP) is 3.71. The van der Waals surface area contributed by atoms with Crippen molar-refractivity contribution in [2.24, 2.45) is 0 Å². The number of benzene rings is 2. The third-order valence-corrected chi connectivity index (χ3v) is 4.43. The molecule has 0 bridgehead atoms. The molecule has 23 heavy (non-hydrogen) atoms. The predicted molar refractivity (Wildman–Crippen MR) is 78.7 cm³/mol. The highest BCUT2D eigenvalue weighted by Gasteiger charge is 2.34. The van der Waals surface area contributed by atoms with E-state index in [0.717, 1.165) is 24.3 Å². The van der Waals surface area contributed by atoms with Crippen molar-refractivity contribution in [2.75, 3.05) is 4.72 Å². The van der Waals surface area contributed by atoms with Gasteiger partial charge in [0.2, 0.25) is 0 Å². The molecule has 122 valence electrons. The van der Waals surface area contributed by atoms with E-state index in [0.29, 0.717) is 5.56 Å². The monoisotopic (exact) mass is 343 g/mol. The minimum Gasteiger partial charge on any atom is -0.295 e. The number of hydrogen-bond acceptors (Lipinski definition) is 3. The second-order valence-electron chi connectivity index (χ2n) is 4.73. The van der Waals surface area contributed by atoms with Crippen LogP contribution in [0, 0.1) is 0 Å². The molecular formula is C15H12F3NO3S. The molecule has 0 aliphatic rings. The summed E-state index contributed by atoms with van der Waals surface area (Å²) in [5.41, 5.74) is -1.33. The number of sulfonamides is 1. The third-order valence-electron chi connectivity index (χ3n) is 3.05. The van der Waals surface area contributed by atoms with Crippen LogP contribution in [0.4, 0.5) is 18.9 Å². The van der Waals surface area contributed by atoms with E-state index in [2.05, 4.69) is 0 Å². The van der Waals surface area contributed by atoms with Gasteiger partial charge in [-0.1, -0.05) is 24.3 Å². The van der Waals surface area contributed by atoms with Crippen LogP contribution in [0.15, 0.2) is 53.4 Å². The first-order valence-corrected chi connectivity index (χ1v) is 7.89. The Morgan fingerprint density at radius 3 is 2.09 bits per heavy atom. The van der Waals surface area contributed by atoms with E-state index in [9.17, 15) is 26.4 Å². The van der Waals surface area contributed by atoms with E-state index < -0.39 is 27.5 Å². The van der Waals surface area contributed by atoms with Gasteiger partial charge in [0.05, 0.1) is 16.1 Å². The highest BCUT2D eigenvalue weighted by atomic mass is 32.2. The van der Waals surface area contributed by atoms with Gasteiger partial charge >= 0.3 is 6.18 Å². The Labute approximate surface area is 131 Å². The summed E-state index contributed by atoms with van der Waals surface area (Å²) < 4.78 is 65.0. The van der Waals surface area contributed by atoms with Crippen LogP contribution in [0.5, 0.6) is 0 Å². The van der Waals surface area contributed by atoms with Crippen LogP contribution >= 0.6 is 0 Å². The lowest BCUT2D eigenvalue weighted by atomic mass is 10.2. The number of carbonyl (C=O) groups is 1. The Balaban J connectivity index is 2.38. The Hall–Kier alpha value is -2.35. The molecule has 8 heteroatoms. The second kappa shape index (κ2) is 6.04. The van der Waals surface area contributed by atoms with Gasteiger partial charge in [-0.15, -0.1) is 0 Å². The zero-order chi connectivity index (χ0) is 17.3. The SMILES string of the molecule is CC(=O)c1ccc(S(=O)(=O)Nc2ccccc2C(F)(F)F)cc1. The van der Waals surface area contributed by atoms with Gasteiger partial charge in [0.1, 0.15) is 0 Å². The van der Waals surface area contributed by atoms with Crippen molar-refractivity contribution in [1.29, 1.82) is 0 Å². The van der Waals surface area contributed by atoms with Gasteiger partial charge in [-0.3, -0.25) is 9.52 Å². The van der Waals surface area contributed by atoms with Crippen LogP contribution in [0.25, 0.3) is 0 Å². The van der Waals surface area contributed by atoms with Crippen molar-refractivity contribution in [1.82, 2.24) is 0 Å². The van der Waals surface area contributed by atoms with Gasteiger partial charge in [0, 0.05) is 5.56 Å². The summed E-state index contributed by atoms with van der Waals surface area (Å²) in [6.07, 6.45) is -4.68. The number of Topliss-reactive ketones (excluding diaryl/α,β-unsaturated/α-hetero) is 1. The molecule has 0 heterocycles. The molecular weight excluding hydrogens is 331 g/mol. The average Bonchev–Trinajstić information content (AvgIpc) is 2.46. The molecule has 0 radical (unpaired) electrons. The van der Waals surface area contributed by atoms with Crippen molar-refractivity contribution in [3.05, 3.63) is 59.7 Å². The second-order valence-corrected chi connectivity index (χ2v) is 6.41. The third kappa shape index (κ3) is 3.89. The summed E-state index contributed by atoms with van der Waals surface area (Å²) in [5, 5.41) is 0. The maximum absolute atomic E-state index is 12.9. The number of para-hydroxylation sites is 1. The van der Waals surface area contributed by atoms with Crippen molar-refractivity contribution < 1.29 is 26.4 Å². The number of rotatable bonds is 4. The first-order valence-electron chi connectivity index (χ1n) is 6.41. The first-order chi connectivity index (χ1) is 10.6.